The Labute approximate surface area is 214 Å². The molecule has 3 aromatic rings. The Hall–Kier alpha value is -3.44. The van der Waals surface area contributed by atoms with E-state index in [1.807, 2.05) is 19.9 Å². The number of rotatable bonds is 9. The molecule has 0 aliphatic carbocycles. The van der Waals surface area contributed by atoms with Gasteiger partial charge in [-0.05, 0) is 32.4 Å². The molecule has 1 fully saturated rings. The van der Waals surface area contributed by atoms with Gasteiger partial charge in [-0.15, -0.1) is 11.3 Å². The van der Waals surface area contributed by atoms with Crippen molar-refractivity contribution < 1.29 is 14.3 Å². The molecule has 0 spiro atoms. The van der Waals surface area contributed by atoms with Crippen LogP contribution in [-0.4, -0.2) is 69.9 Å². The number of allylic oxidation sites excluding steroid dienone is 2. The third kappa shape index (κ3) is 6.41. The number of ether oxygens (including phenoxy) is 1. The number of thiophene rings is 1. The van der Waals surface area contributed by atoms with Crippen LogP contribution in [0.25, 0.3) is 21.6 Å². The number of carbonyl (C=O) groups is 2. The smallest absolute Gasteiger partial charge is 0.222 e. The first-order chi connectivity index (χ1) is 17.3. The number of carbonyl (C=O) groups excluding carboxylic acids is 2. The van der Waals surface area contributed by atoms with Crippen LogP contribution in [0.3, 0.4) is 0 Å². The van der Waals surface area contributed by atoms with E-state index in [9.17, 15) is 9.59 Å². The summed E-state index contributed by atoms with van der Waals surface area (Å²) in [6.07, 6.45) is 6.12. The first-order valence-corrected chi connectivity index (χ1v) is 12.7. The van der Waals surface area contributed by atoms with Crippen molar-refractivity contribution in [2.24, 2.45) is 0 Å². The van der Waals surface area contributed by atoms with Crippen LogP contribution in [0, 0.1) is 0 Å². The van der Waals surface area contributed by atoms with E-state index in [-0.39, 0.29) is 17.6 Å². The molecule has 190 valence electrons. The van der Waals surface area contributed by atoms with Crippen LogP contribution in [0.5, 0.6) is 0 Å². The maximum atomic E-state index is 12.7. The van der Waals surface area contributed by atoms with Gasteiger partial charge in [-0.3, -0.25) is 9.59 Å². The quantitative estimate of drug-likeness (QED) is 0.432. The number of ketones is 1. The van der Waals surface area contributed by atoms with Crippen LogP contribution in [0.15, 0.2) is 30.1 Å². The number of nitrogen functional groups attached to an aromatic ring is 1. The largest absolute Gasteiger partial charge is 0.378 e. The normalized spacial score (nSPS) is 13.6. The van der Waals surface area contributed by atoms with Crippen LogP contribution in [0.2, 0.25) is 0 Å². The van der Waals surface area contributed by atoms with Crippen molar-refractivity contribution in [1.29, 1.82) is 0 Å². The molecule has 0 atom stereocenters. The first kappa shape index (κ1) is 25.6. The molecule has 3 aromatic heterocycles. The van der Waals surface area contributed by atoms with Crippen LogP contribution in [-0.2, 0) is 20.9 Å². The van der Waals surface area contributed by atoms with Gasteiger partial charge in [-0.2, -0.15) is 0 Å². The van der Waals surface area contributed by atoms with Crippen LogP contribution in [0.1, 0.15) is 38.0 Å². The Morgan fingerprint density at radius 1 is 1.17 bits per heavy atom. The number of nitrogens with zero attached hydrogens (tertiary/aromatic N) is 6. The maximum absolute atomic E-state index is 12.7. The first-order valence-electron chi connectivity index (χ1n) is 11.9. The van der Waals surface area contributed by atoms with Crippen molar-refractivity contribution in [3.05, 3.63) is 35.0 Å². The van der Waals surface area contributed by atoms with Crippen molar-refractivity contribution in [1.82, 2.24) is 24.8 Å². The molecule has 11 heteroatoms. The minimum atomic E-state index is 0.0108. The Bertz CT molecular complexity index is 1260. The highest BCUT2D eigenvalue weighted by Crippen LogP contribution is 2.34. The highest BCUT2D eigenvalue weighted by atomic mass is 32.1. The van der Waals surface area contributed by atoms with Gasteiger partial charge in [0.2, 0.25) is 11.9 Å². The van der Waals surface area contributed by atoms with Crippen LogP contribution >= 0.6 is 11.3 Å². The van der Waals surface area contributed by atoms with E-state index in [2.05, 4.69) is 14.9 Å². The Kier molecular flexibility index (Phi) is 8.21. The predicted molar refractivity (Wildman–Crippen MR) is 141 cm³/mol. The fourth-order valence-corrected chi connectivity index (χ4v) is 5.10. The minimum Gasteiger partial charge on any atom is -0.378 e. The van der Waals surface area contributed by atoms with E-state index in [1.54, 1.807) is 41.8 Å². The molecular formula is C25H31N7O3S. The summed E-state index contributed by atoms with van der Waals surface area (Å²) in [5, 5.41) is 0. The predicted octanol–water partition coefficient (Wildman–Crippen LogP) is 3.23. The lowest BCUT2D eigenvalue weighted by Crippen LogP contribution is -2.36. The second kappa shape index (κ2) is 11.5. The Morgan fingerprint density at radius 2 is 1.89 bits per heavy atom. The lowest BCUT2D eigenvalue weighted by atomic mass is 10.1. The molecule has 0 aromatic carbocycles. The third-order valence-corrected chi connectivity index (χ3v) is 6.83. The molecule has 0 saturated carbocycles. The summed E-state index contributed by atoms with van der Waals surface area (Å²) in [5.74, 6) is 1.64. The van der Waals surface area contributed by atoms with E-state index >= 15 is 0 Å². The molecule has 10 nitrogen and oxygen atoms in total. The molecule has 1 saturated heterocycles. The third-order valence-electron chi connectivity index (χ3n) is 5.73. The van der Waals surface area contributed by atoms with Crippen molar-refractivity contribution in [2.45, 2.75) is 39.7 Å². The van der Waals surface area contributed by atoms with Gasteiger partial charge in [0.1, 0.15) is 0 Å². The van der Waals surface area contributed by atoms with Crippen molar-refractivity contribution >= 4 is 45.0 Å². The average Bonchev–Trinajstić information content (AvgIpc) is 3.26. The number of hydrogen-bond donors (Lipinski definition) is 1. The van der Waals surface area contributed by atoms with Gasteiger partial charge in [0.15, 0.2) is 17.4 Å². The molecule has 0 bridgehead atoms. The summed E-state index contributed by atoms with van der Waals surface area (Å²) in [6.45, 7) is 6.99. The molecule has 36 heavy (non-hydrogen) atoms. The number of amides is 1. The summed E-state index contributed by atoms with van der Waals surface area (Å²) in [7, 11) is 1.79. The molecule has 2 N–H and O–H groups in total. The Morgan fingerprint density at radius 3 is 2.58 bits per heavy atom. The van der Waals surface area contributed by atoms with E-state index in [0.29, 0.717) is 50.4 Å². The zero-order chi connectivity index (χ0) is 25.7. The van der Waals surface area contributed by atoms with Crippen LogP contribution in [0.4, 0.5) is 11.8 Å². The van der Waals surface area contributed by atoms with E-state index in [0.717, 1.165) is 39.6 Å². The van der Waals surface area contributed by atoms with Crippen molar-refractivity contribution in [2.75, 3.05) is 44.0 Å². The summed E-state index contributed by atoms with van der Waals surface area (Å²) >= 11 is 1.59. The van der Waals surface area contributed by atoms with E-state index in [4.69, 9.17) is 20.4 Å². The summed E-state index contributed by atoms with van der Waals surface area (Å²) in [5.41, 5.74) is 8.11. The number of aromatic nitrogens is 4. The number of hydrogen-bond acceptors (Lipinski definition) is 10. The molecular weight excluding hydrogens is 478 g/mol. The average molecular weight is 510 g/mol. The van der Waals surface area contributed by atoms with E-state index in [1.165, 1.54) is 0 Å². The monoisotopic (exact) mass is 509 g/mol. The van der Waals surface area contributed by atoms with Crippen LogP contribution < -0.4 is 10.6 Å². The number of fused-ring (bicyclic) bond motifs is 1. The standard InChI is InChI=1S/C25H31N7O3S/c1-16(2)11-18(33)5-4-6-21(34)31(3)15-19-12-20-22(36-19)24(32-7-9-35-10-8-32)30-23(29-20)17-13-27-25(26)28-14-17/h11-14H,4-10,15H2,1-3H3,(H2,26,27,28). The summed E-state index contributed by atoms with van der Waals surface area (Å²) < 4.78 is 6.50. The molecule has 4 rings (SSSR count). The summed E-state index contributed by atoms with van der Waals surface area (Å²) in [6, 6.07) is 2.01. The minimum absolute atomic E-state index is 0.0108. The van der Waals surface area contributed by atoms with Gasteiger partial charge in [0.05, 0.1) is 35.5 Å². The van der Waals surface area contributed by atoms with Gasteiger partial charge >= 0.3 is 0 Å². The molecule has 0 unspecified atom stereocenters. The maximum Gasteiger partial charge on any atom is 0.222 e. The Balaban J connectivity index is 1.53. The molecule has 1 aliphatic rings. The second-order valence-corrected chi connectivity index (χ2v) is 10.2. The second-order valence-electron chi connectivity index (χ2n) is 9.02. The highest BCUT2D eigenvalue weighted by molar-refractivity contribution is 7.19. The van der Waals surface area contributed by atoms with E-state index < -0.39 is 0 Å². The summed E-state index contributed by atoms with van der Waals surface area (Å²) in [4.78, 5) is 47.2. The lowest BCUT2D eigenvalue weighted by Gasteiger charge is -2.28. The molecule has 4 heterocycles. The highest BCUT2D eigenvalue weighted by Gasteiger charge is 2.21. The van der Waals surface area contributed by atoms with Gasteiger partial charge in [-0.25, -0.2) is 19.9 Å². The van der Waals surface area contributed by atoms with Gasteiger partial charge < -0.3 is 20.3 Å². The fraction of sp³-hybridized carbons (Fsp3) is 0.440. The van der Waals surface area contributed by atoms with Gasteiger partial charge in [0.25, 0.3) is 0 Å². The number of anilines is 2. The zero-order valence-corrected chi connectivity index (χ0v) is 21.7. The number of nitrogens with two attached hydrogens (primary N) is 1. The van der Waals surface area contributed by atoms with Crippen molar-refractivity contribution in [3.8, 4) is 11.4 Å². The van der Waals surface area contributed by atoms with Gasteiger partial charge in [0, 0.05) is 50.2 Å². The topological polar surface area (TPSA) is 127 Å². The molecule has 1 aliphatic heterocycles. The zero-order valence-electron chi connectivity index (χ0n) is 20.9. The lowest BCUT2D eigenvalue weighted by molar-refractivity contribution is -0.130. The van der Waals surface area contributed by atoms with Crippen molar-refractivity contribution in [3.63, 3.8) is 0 Å². The SMILES string of the molecule is CC(C)=CC(=O)CCCC(=O)N(C)Cc1cc2nc(-c3cnc(N)nc3)nc(N3CCOCC3)c2s1. The molecule has 1 amide bonds. The number of morpholine rings is 1. The fourth-order valence-electron chi connectivity index (χ4n) is 3.94. The molecule has 0 radical (unpaired) electrons. The van der Waals surface area contributed by atoms with Gasteiger partial charge in [-0.1, -0.05) is 5.57 Å².